The highest BCUT2D eigenvalue weighted by atomic mass is 16.2. The molecule has 0 heterocycles. The van der Waals surface area contributed by atoms with Crippen molar-refractivity contribution in [2.45, 2.75) is 71.1 Å². The first-order valence-corrected chi connectivity index (χ1v) is 10.6. The van der Waals surface area contributed by atoms with Crippen molar-refractivity contribution in [2.75, 3.05) is 6.61 Å². The van der Waals surface area contributed by atoms with Gasteiger partial charge in [0.1, 0.15) is 0 Å². The minimum Gasteiger partial charge on any atom is -0.396 e. The molecular formula is C25H34O. The molecule has 1 heteroatoms. The number of aliphatic hydroxyl groups excluding tert-OH is 1. The molecule has 0 spiro atoms. The number of rotatable bonds is 10. The third kappa shape index (κ3) is 5.20. The summed E-state index contributed by atoms with van der Waals surface area (Å²) in [5.41, 5.74) is 6.96. The van der Waals surface area contributed by atoms with Gasteiger partial charge in [0.15, 0.2) is 0 Å². The summed E-state index contributed by atoms with van der Waals surface area (Å²) >= 11 is 0. The lowest BCUT2D eigenvalue weighted by Gasteiger charge is -2.08. The number of benzene rings is 2. The highest BCUT2D eigenvalue weighted by Gasteiger charge is 2.21. The van der Waals surface area contributed by atoms with E-state index in [9.17, 15) is 0 Å². The van der Waals surface area contributed by atoms with Crippen LogP contribution in [0.15, 0.2) is 42.5 Å². The van der Waals surface area contributed by atoms with Gasteiger partial charge in [0.2, 0.25) is 0 Å². The van der Waals surface area contributed by atoms with Gasteiger partial charge in [-0.05, 0) is 59.4 Å². The first-order chi connectivity index (χ1) is 12.8. The van der Waals surface area contributed by atoms with Crippen LogP contribution in [0.4, 0.5) is 0 Å². The predicted molar refractivity (Wildman–Crippen MR) is 112 cm³/mol. The van der Waals surface area contributed by atoms with E-state index in [1.807, 2.05) is 0 Å². The fourth-order valence-corrected chi connectivity index (χ4v) is 4.30. The monoisotopic (exact) mass is 350 g/mol. The summed E-state index contributed by atoms with van der Waals surface area (Å²) in [4.78, 5) is 0. The molecular weight excluding hydrogens is 316 g/mol. The molecule has 0 aromatic heterocycles. The van der Waals surface area contributed by atoms with Crippen LogP contribution >= 0.6 is 0 Å². The summed E-state index contributed by atoms with van der Waals surface area (Å²) in [6.07, 6.45) is 13.1. The molecule has 1 N–H and O–H groups in total. The molecule has 3 rings (SSSR count). The second-order valence-corrected chi connectivity index (χ2v) is 7.98. The van der Waals surface area contributed by atoms with Crippen LogP contribution in [-0.2, 0) is 19.3 Å². The minimum atomic E-state index is 0.220. The second kappa shape index (κ2) is 9.92. The van der Waals surface area contributed by atoms with Gasteiger partial charge in [-0.1, -0.05) is 87.9 Å². The highest BCUT2D eigenvalue weighted by molar-refractivity contribution is 5.65. The normalized spacial score (nSPS) is 16.0. The van der Waals surface area contributed by atoms with E-state index in [1.54, 1.807) is 11.1 Å². The highest BCUT2D eigenvalue weighted by Crippen LogP contribution is 2.33. The Labute approximate surface area is 159 Å². The molecule has 0 aliphatic heterocycles. The zero-order chi connectivity index (χ0) is 18.2. The van der Waals surface area contributed by atoms with Crippen LogP contribution in [0.25, 0.3) is 11.1 Å². The fraction of sp³-hybridized carbons (Fsp3) is 0.520. The van der Waals surface area contributed by atoms with Crippen LogP contribution in [-0.4, -0.2) is 11.7 Å². The molecule has 1 unspecified atom stereocenters. The number of unbranched alkanes of at least 4 members (excludes halogenated alkanes) is 5. The van der Waals surface area contributed by atoms with Crippen molar-refractivity contribution in [2.24, 2.45) is 5.92 Å². The van der Waals surface area contributed by atoms with Crippen LogP contribution in [0.3, 0.4) is 0 Å². The Morgan fingerprint density at radius 2 is 1.50 bits per heavy atom. The molecule has 1 nitrogen and oxygen atoms in total. The van der Waals surface area contributed by atoms with Gasteiger partial charge in [-0.2, -0.15) is 0 Å². The lowest BCUT2D eigenvalue weighted by atomic mass is 9.97. The molecule has 0 bridgehead atoms. The topological polar surface area (TPSA) is 20.2 Å². The van der Waals surface area contributed by atoms with Gasteiger partial charge in [0.05, 0.1) is 0 Å². The SMILES string of the molecule is CCCCCCCCC1Cc2ccc(-c3ccc(CCO)cc3)cc2C1. The van der Waals surface area contributed by atoms with E-state index < -0.39 is 0 Å². The van der Waals surface area contributed by atoms with Gasteiger partial charge in [0.25, 0.3) is 0 Å². The van der Waals surface area contributed by atoms with E-state index in [1.165, 1.54) is 74.5 Å². The molecule has 0 fully saturated rings. The molecule has 0 saturated heterocycles. The summed E-state index contributed by atoms with van der Waals surface area (Å²) in [6, 6.07) is 15.7. The van der Waals surface area contributed by atoms with Crippen LogP contribution in [0.2, 0.25) is 0 Å². The Hall–Kier alpha value is -1.60. The molecule has 0 saturated carbocycles. The zero-order valence-electron chi connectivity index (χ0n) is 16.3. The van der Waals surface area contributed by atoms with E-state index >= 15 is 0 Å². The molecule has 1 aliphatic carbocycles. The van der Waals surface area contributed by atoms with Crippen molar-refractivity contribution in [3.8, 4) is 11.1 Å². The number of hydrogen-bond acceptors (Lipinski definition) is 1. The molecule has 140 valence electrons. The van der Waals surface area contributed by atoms with Crippen molar-refractivity contribution < 1.29 is 5.11 Å². The summed E-state index contributed by atoms with van der Waals surface area (Å²) in [6.45, 7) is 2.51. The lowest BCUT2D eigenvalue weighted by Crippen LogP contribution is -1.99. The maximum atomic E-state index is 9.05. The standard InChI is InChI=1S/C25H34O/c1-2-3-4-5-6-7-8-21-17-23-13-14-24(19-25(23)18-21)22-11-9-20(10-12-22)15-16-26/h9-14,19,21,26H,2-8,15-18H2,1H3. The summed E-state index contributed by atoms with van der Waals surface area (Å²) in [5.74, 6) is 0.860. The number of hydrogen-bond donors (Lipinski definition) is 1. The average molecular weight is 351 g/mol. The summed E-state index contributed by atoms with van der Waals surface area (Å²) in [7, 11) is 0. The average Bonchev–Trinajstić information content (AvgIpc) is 3.07. The summed E-state index contributed by atoms with van der Waals surface area (Å²) in [5, 5.41) is 9.05. The van der Waals surface area contributed by atoms with E-state index in [-0.39, 0.29) is 6.61 Å². The molecule has 0 radical (unpaired) electrons. The smallest absolute Gasteiger partial charge is 0.0471 e. The zero-order valence-corrected chi connectivity index (χ0v) is 16.3. The lowest BCUT2D eigenvalue weighted by molar-refractivity contribution is 0.299. The fourth-order valence-electron chi connectivity index (χ4n) is 4.30. The van der Waals surface area contributed by atoms with E-state index in [0.717, 1.165) is 12.3 Å². The van der Waals surface area contributed by atoms with Crippen molar-refractivity contribution >= 4 is 0 Å². The molecule has 1 aliphatic rings. The third-order valence-electron chi connectivity index (χ3n) is 5.88. The Morgan fingerprint density at radius 3 is 2.27 bits per heavy atom. The van der Waals surface area contributed by atoms with E-state index in [4.69, 9.17) is 5.11 Å². The van der Waals surface area contributed by atoms with Gasteiger partial charge in [-0.3, -0.25) is 0 Å². The number of fused-ring (bicyclic) bond motifs is 1. The quantitative estimate of drug-likeness (QED) is 0.495. The first kappa shape index (κ1) is 19.2. The van der Waals surface area contributed by atoms with E-state index in [0.29, 0.717) is 0 Å². The summed E-state index contributed by atoms with van der Waals surface area (Å²) < 4.78 is 0. The Kier molecular flexibility index (Phi) is 7.32. The van der Waals surface area contributed by atoms with Crippen LogP contribution in [0, 0.1) is 5.92 Å². The third-order valence-corrected chi connectivity index (χ3v) is 5.88. The molecule has 2 aromatic rings. The van der Waals surface area contributed by atoms with Crippen molar-refractivity contribution in [3.05, 3.63) is 59.2 Å². The number of aliphatic hydroxyl groups is 1. The second-order valence-electron chi connectivity index (χ2n) is 7.98. The Balaban J connectivity index is 1.53. The van der Waals surface area contributed by atoms with Gasteiger partial charge in [-0.25, -0.2) is 0 Å². The Morgan fingerprint density at radius 1 is 0.808 bits per heavy atom. The van der Waals surface area contributed by atoms with Crippen molar-refractivity contribution in [1.29, 1.82) is 0 Å². The van der Waals surface area contributed by atoms with Crippen molar-refractivity contribution in [3.63, 3.8) is 0 Å². The maximum Gasteiger partial charge on any atom is 0.0471 e. The first-order valence-electron chi connectivity index (χ1n) is 10.6. The molecule has 0 amide bonds. The van der Waals surface area contributed by atoms with Gasteiger partial charge >= 0.3 is 0 Å². The van der Waals surface area contributed by atoms with Gasteiger partial charge in [0, 0.05) is 6.61 Å². The molecule has 1 atom stereocenters. The van der Waals surface area contributed by atoms with Gasteiger partial charge in [-0.15, -0.1) is 0 Å². The van der Waals surface area contributed by atoms with Crippen LogP contribution < -0.4 is 0 Å². The minimum absolute atomic E-state index is 0.220. The van der Waals surface area contributed by atoms with Gasteiger partial charge < -0.3 is 5.11 Å². The molecule has 2 aromatic carbocycles. The maximum absolute atomic E-state index is 9.05. The molecule has 26 heavy (non-hydrogen) atoms. The van der Waals surface area contributed by atoms with Crippen LogP contribution in [0.5, 0.6) is 0 Å². The van der Waals surface area contributed by atoms with Crippen LogP contribution in [0.1, 0.15) is 68.6 Å². The largest absolute Gasteiger partial charge is 0.396 e. The van der Waals surface area contributed by atoms with E-state index in [2.05, 4.69) is 49.4 Å². The Bertz CT molecular complexity index is 671. The predicted octanol–water partition coefficient (Wildman–Crippen LogP) is 6.35. The van der Waals surface area contributed by atoms with Crippen molar-refractivity contribution in [1.82, 2.24) is 0 Å².